The number of likely N-dealkylation sites (tertiary alicyclic amines) is 1. The number of anilines is 3. The second-order valence-electron chi connectivity index (χ2n) is 10.1. The lowest BCUT2D eigenvalue weighted by Crippen LogP contribution is -2.34. The molecule has 0 amide bonds. The van der Waals surface area contributed by atoms with Gasteiger partial charge < -0.3 is 20.6 Å². The number of aliphatic hydroxyl groups excluding tert-OH is 1. The zero-order chi connectivity index (χ0) is 24.6. The third kappa shape index (κ3) is 4.59. The van der Waals surface area contributed by atoms with Crippen LogP contribution in [-0.4, -0.2) is 63.0 Å². The Hall–Kier alpha value is -3.48. The van der Waals surface area contributed by atoms with Crippen LogP contribution in [0.3, 0.4) is 0 Å². The van der Waals surface area contributed by atoms with Crippen molar-refractivity contribution < 1.29 is 5.11 Å². The summed E-state index contributed by atoms with van der Waals surface area (Å²) in [5.41, 5.74) is 4.33. The molecule has 1 unspecified atom stereocenters. The third-order valence-electron chi connectivity index (χ3n) is 7.16. The van der Waals surface area contributed by atoms with Crippen LogP contribution in [0.5, 0.6) is 0 Å². The molecule has 1 aromatic carbocycles. The van der Waals surface area contributed by atoms with Gasteiger partial charge in [-0.15, -0.1) is 0 Å². The van der Waals surface area contributed by atoms with Crippen LogP contribution >= 0.6 is 0 Å². The number of hydrogen-bond acceptors (Lipinski definition) is 8. The Morgan fingerprint density at radius 2 is 2.20 bits per heavy atom. The summed E-state index contributed by atoms with van der Waals surface area (Å²) in [6.07, 6.45) is 4.14. The molecule has 2 aliphatic heterocycles. The van der Waals surface area contributed by atoms with E-state index in [1.165, 1.54) is 12.8 Å². The fourth-order valence-electron chi connectivity index (χ4n) is 5.21. The highest BCUT2D eigenvalue weighted by Gasteiger charge is 2.36. The Morgan fingerprint density at radius 3 is 2.97 bits per heavy atom. The lowest BCUT2D eigenvalue weighted by atomic mass is 9.83. The number of nitriles is 1. The first-order valence-corrected chi connectivity index (χ1v) is 12.2. The summed E-state index contributed by atoms with van der Waals surface area (Å²) < 4.78 is 2.02. The molecule has 2 aromatic heterocycles. The predicted molar refractivity (Wildman–Crippen MR) is 136 cm³/mol. The van der Waals surface area contributed by atoms with Crippen molar-refractivity contribution in [3.8, 4) is 17.3 Å². The summed E-state index contributed by atoms with van der Waals surface area (Å²) in [6, 6.07) is 10.0. The molecule has 9 nitrogen and oxygen atoms in total. The lowest BCUT2D eigenvalue weighted by molar-refractivity contribution is 0.191. The Bertz CT molecular complexity index is 1280. The Kier molecular flexibility index (Phi) is 6.17. The van der Waals surface area contributed by atoms with Crippen LogP contribution in [0.25, 0.3) is 11.3 Å². The summed E-state index contributed by atoms with van der Waals surface area (Å²) in [5, 5.41) is 31.1. The van der Waals surface area contributed by atoms with Crippen molar-refractivity contribution in [3.05, 3.63) is 47.3 Å². The van der Waals surface area contributed by atoms with Gasteiger partial charge in [0.15, 0.2) is 0 Å². The number of piperidine rings is 1. The molecular formula is C26H32N8O. The first-order chi connectivity index (χ1) is 16.9. The summed E-state index contributed by atoms with van der Waals surface area (Å²) >= 11 is 0. The molecule has 0 aliphatic carbocycles. The first kappa shape index (κ1) is 23.3. The van der Waals surface area contributed by atoms with Gasteiger partial charge in [-0.05, 0) is 63.0 Å². The van der Waals surface area contributed by atoms with E-state index in [1.54, 1.807) is 6.20 Å². The second-order valence-corrected chi connectivity index (χ2v) is 10.1. The number of aryl methyl sites for hydroxylation is 1. The largest absolute Gasteiger partial charge is 0.395 e. The number of aromatic nitrogens is 4. The van der Waals surface area contributed by atoms with Gasteiger partial charge in [0.2, 0.25) is 5.95 Å². The molecule has 4 heterocycles. The van der Waals surface area contributed by atoms with Crippen LogP contribution in [0.2, 0.25) is 0 Å². The minimum Gasteiger partial charge on any atom is -0.395 e. The molecule has 0 saturated carbocycles. The van der Waals surface area contributed by atoms with Gasteiger partial charge in [-0.25, -0.2) is 14.6 Å². The number of benzene rings is 1. The number of aliphatic hydroxyl groups is 1. The molecular weight excluding hydrogens is 440 g/mol. The molecule has 3 N–H and O–H groups in total. The van der Waals surface area contributed by atoms with E-state index >= 15 is 0 Å². The maximum absolute atomic E-state index is 10.00. The monoisotopic (exact) mass is 472 g/mol. The fraction of sp³-hybridized carbons (Fsp3) is 0.462. The van der Waals surface area contributed by atoms with Gasteiger partial charge in [0.1, 0.15) is 11.9 Å². The van der Waals surface area contributed by atoms with Crippen molar-refractivity contribution in [2.45, 2.75) is 38.6 Å². The van der Waals surface area contributed by atoms with Gasteiger partial charge in [0.05, 0.1) is 29.2 Å². The summed E-state index contributed by atoms with van der Waals surface area (Å²) in [4.78, 5) is 11.6. The normalized spacial score (nSPS) is 21.9. The Balaban J connectivity index is 1.43. The smallest absolute Gasteiger partial charge is 0.228 e. The molecule has 35 heavy (non-hydrogen) atoms. The summed E-state index contributed by atoms with van der Waals surface area (Å²) in [6.45, 7) is 7.66. The van der Waals surface area contributed by atoms with E-state index in [1.807, 2.05) is 42.8 Å². The van der Waals surface area contributed by atoms with Gasteiger partial charge in [-0.3, -0.25) is 0 Å². The quantitative estimate of drug-likeness (QED) is 0.501. The van der Waals surface area contributed by atoms with E-state index in [0.29, 0.717) is 29.7 Å². The van der Waals surface area contributed by atoms with Crippen LogP contribution in [0.1, 0.15) is 36.6 Å². The van der Waals surface area contributed by atoms with Crippen LogP contribution < -0.4 is 10.6 Å². The minimum absolute atomic E-state index is 0.00196. The van der Waals surface area contributed by atoms with Crippen molar-refractivity contribution in [3.63, 3.8) is 0 Å². The molecule has 182 valence electrons. The molecule has 0 bridgehead atoms. The average Bonchev–Trinajstić information content (AvgIpc) is 3.38. The molecule has 0 radical (unpaired) electrons. The van der Waals surface area contributed by atoms with E-state index < -0.39 is 5.41 Å². The predicted octanol–water partition coefficient (Wildman–Crippen LogP) is 3.28. The molecule has 2 aliphatic rings. The van der Waals surface area contributed by atoms with E-state index in [2.05, 4.69) is 33.6 Å². The van der Waals surface area contributed by atoms with E-state index in [0.717, 1.165) is 48.0 Å². The van der Waals surface area contributed by atoms with Crippen molar-refractivity contribution >= 4 is 17.5 Å². The molecule has 1 saturated heterocycles. The minimum atomic E-state index is -0.442. The fourth-order valence-corrected chi connectivity index (χ4v) is 5.21. The van der Waals surface area contributed by atoms with E-state index in [9.17, 15) is 10.4 Å². The molecule has 5 rings (SSSR count). The first-order valence-electron chi connectivity index (χ1n) is 12.2. The molecule has 3 aromatic rings. The standard InChI is InChI=1S/C26H32N8O/c1-17-9-23(34(32-17)14-18-5-4-8-33(3)13-18)31-25-28-7-6-22(30-25)19-10-20(12-27)24-21(11-19)26(2,16-35)15-29-24/h6-7,9-11,18,29,35H,4-5,8,13-16H2,1-3H3,(H,28,30,31)/t18?,26-/m1/s1. The van der Waals surface area contributed by atoms with Crippen molar-refractivity contribution in [2.24, 2.45) is 5.92 Å². The van der Waals surface area contributed by atoms with Gasteiger partial charge in [0, 0.05) is 42.9 Å². The van der Waals surface area contributed by atoms with Crippen molar-refractivity contribution in [1.29, 1.82) is 5.26 Å². The maximum atomic E-state index is 10.00. The van der Waals surface area contributed by atoms with Crippen LogP contribution in [0.15, 0.2) is 30.5 Å². The lowest BCUT2D eigenvalue weighted by Gasteiger charge is -2.29. The highest BCUT2D eigenvalue weighted by molar-refractivity contribution is 5.76. The van der Waals surface area contributed by atoms with E-state index in [-0.39, 0.29) is 6.61 Å². The van der Waals surface area contributed by atoms with E-state index in [4.69, 9.17) is 10.1 Å². The SMILES string of the molecule is Cc1cc(Nc2nccc(-c3cc(C#N)c4c(c3)[C@@](C)(CO)CN4)n2)n(CC2CCCN(C)C2)n1. The highest BCUT2D eigenvalue weighted by Crippen LogP contribution is 2.41. The number of nitrogens with one attached hydrogen (secondary N) is 2. The van der Waals surface area contributed by atoms with Crippen LogP contribution in [0.4, 0.5) is 17.5 Å². The second kappa shape index (κ2) is 9.29. The van der Waals surface area contributed by atoms with Crippen LogP contribution in [0, 0.1) is 24.2 Å². The highest BCUT2D eigenvalue weighted by atomic mass is 16.3. The molecule has 1 fully saturated rings. The number of rotatable bonds is 6. The number of nitrogens with zero attached hydrogens (tertiary/aromatic N) is 6. The Labute approximate surface area is 205 Å². The topological polar surface area (TPSA) is 115 Å². The zero-order valence-corrected chi connectivity index (χ0v) is 20.5. The molecule has 9 heteroatoms. The van der Waals surface area contributed by atoms with Gasteiger partial charge in [-0.2, -0.15) is 10.4 Å². The third-order valence-corrected chi connectivity index (χ3v) is 7.16. The summed E-state index contributed by atoms with van der Waals surface area (Å²) in [7, 11) is 2.18. The van der Waals surface area contributed by atoms with Gasteiger partial charge in [0.25, 0.3) is 0 Å². The van der Waals surface area contributed by atoms with Crippen molar-refractivity contribution in [1.82, 2.24) is 24.6 Å². The summed E-state index contributed by atoms with van der Waals surface area (Å²) in [5.74, 6) is 1.91. The van der Waals surface area contributed by atoms with Gasteiger partial charge in [-0.1, -0.05) is 6.92 Å². The molecule has 0 spiro atoms. The average molecular weight is 473 g/mol. The maximum Gasteiger partial charge on any atom is 0.228 e. The Morgan fingerprint density at radius 1 is 1.34 bits per heavy atom. The number of fused-ring (bicyclic) bond motifs is 1. The molecule has 2 atom stereocenters. The van der Waals surface area contributed by atoms with Crippen LogP contribution in [-0.2, 0) is 12.0 Å². The van der Waals surface area contributed by atoms with Gasteiger partial charge >= 0.3 is 0 Å². The number of hydrogen-bond donors (Lipinski definition) is 3. The van der Waals surface area contributed by atoms with Crippen molar-refractivity contribution in [2.75, 3.05) is 43.9 Å². The zero-order valence-electron chi connectivity index (χ0n) is 20.5.